The molecule has 18 heavy (non-hydrogen) atoms. The molecule has 1 aromatic heterocycles. The number of aromatic nitrogens is 2. The number of anilines is 1. The maximum atomic E-state index is 5.57. The summed E-state index contributed by atoms with van der Waals surface area (Å²) in [6.45, 7) is 4.14. The van der Waals surface area contributed by atoms with Crippen LogP contribution in [0.15, 0.2) is 24.5 Å². The number of nitrogens with zero attached hydrogens (tertiary/aromatic N) is 2. The molecule has 0 aliphatic rings. The van der Waals surface area contributed by atoms with Gasteiger partial charge in [-0.05, 0) is 36.6 Å². The van der Waals surface area contributed by atoms with Gasteiger partial charge in [-0.2, -0.15) is 0 Å². The highest BCUT2D eigenvalue weighted by Crippen LogP contribution is 2.24. The van der Waals surface area contributed by atoms with E-state index >= 15 is 0 Å². The van der Waals surface area contributed by atoms with E-state index in [1.165, 1.54) is 11.1 Å². The first-order chi connectivity index (χ1) is 8.61. The lowest BCUT2D eigenvalue weighted by Gasteiger charge is -2.12. The zero-order valence-electron chi connectivity index (χ0n) is 10.9. The Morgan fingerprint density at radius 2 is 1.78 bits per heavy atom. The molecule has 2 aromatic rings. The number of methoxy groups -OCH3 is 1. The molecule has 2 N–H and O–H groups in total. The lowest BCUT2D eigenvalue weighted by molar-refractivity contribution is 0.411. The molecule has 94 valence electrons. The van der Waals surface area contributed by atoms with Crippen molar-refractivity contribution in [2.75, 3.05) is 12.8 Å². The summed E-state index contributed by atoms with van der Waals surface area (Å²) in [4.78, 5) is 8.44. The predicted molar refractivity (Wildman–Crippen MR) is 71.7 cm³/mol. The van der Waals surface area contributed by atoms with E-state index in [0.717, 1.165) is 17.1 Å². The van der Waals surface area contributed by atoms with Gasteiger partial charge in [-0.15, -0.1) is 0 Å². The third kappa shape index (κ3) is 2.42. The first kappa shape index (κ1) is 12.4. The number of hydrogen-bond acceptors (Lipinski definition) is 4. The van der Waals surface area contributed by atoms with Crippen LogP contribution < -0.4 is 10.5 Å². The van der Waals surface area contributed by atoms with E-state index < -0.39 is 0 Å². The van der Waals surface area contributed by atoms with Crippen molar-refractivity contribution in [3.05, 3.63) is 47.0 Å². The highest BCUT2D eigenvalue weighted by Gasteiger charge is 2.08. The summed E-state index contributed by atoms with van der Waals surface area (Å²) in [6, 6.07) is 4.04. The maximum Gasteiger partial charge on any atom is 0.132 e. The Kier molecular flexibility index (Phi) is 3.46. The van der Waals surface area contributed by atoms with Crippen LogP contribution in [0.4, 0.5) is 5.69 Å². The summed E-state index contributed by atoms with van der Waals surface area (Å²) in [5, 5.41) is 0. The van der Waals surface area contributed by atoms with Gasteiger partial charge in [0.1, 0.15) is 11.6 Å². The molecule has 4 heteroatoms. The van der Waals surface area contributed by atoms with Gasteiger partial charge in [0, 0.05) is 6.42 Å². The zero-order chi connectivity index (χ0) is 13.1. The van der Waals surface area contributed by atoms with E-state index in [1.54, 1.807) is 19.5 Å². The first-order valence-corrected chi connectivity index (χ1v) is 5.81. The van der Waals surface area contributed by atoms with Crippen LogP contribution >= 0.6 is 0 Å². The monoisotopic (exact) mass is 243 g/mol. The zero-order valence-corrected chi connectivity index (χ0v) is 10.9. The molecule has 1 aromatic carbocycles. The van der Waals surface area contributed by atoms with Crippen molar-refractivity contribution in [1.29, 1.82) is 0 Å². The first-order valence-electron chi connectivity index (χ1n) is 5.81. The molecular formula is C14H17N3O. The van der Waals surface area contributed by atoms with Gasteiger partial charge in [0.25, 0.3) is 0 Å². The van der Waals surface area contributed by atoms with Gasteiger partial charge in [0.15, 0.2) is 0 Å². The molecule has 0 saturated carbocycles. The van der Waals surface area contributed by atoms with Crippen molar-refractivity contribution in [3.63, 3.8) is 0 Å². The Hall–Kier alpha value is -2.10. The van der Waals surface area contributed by atoms with Gasteiger partial charge in [-0.3, -0.25) is 0 Å². The minimum absolute atomic E-state index is 0.585. The SMILES string of the molecule is COc1ccc(Cc2ncc(N)cn2)c(C)c1C. The Morgan fingerprint density at radius 3 is 2.39 bits per heavy atom. The van der Waals surface area contributed by atoms with E-state index in [0.29, 0.717) is 12.1 Å². The van der Waals surface area contributed by atoms with E-state index in [1.807, 2.05) is 6.07 Å². The Morgan fingerprint density at radius 1 is 1.11 bits per heavy atom. The average molecular weight is 243 g/mol. The molecule has 0 unspecified atom stereocenters. The summed E-state index contributed by atoms with van der Waals surface area (Å²) in [5.41, 5.74) is 9.74. The van der Waals surface area contributed by atoms with Gasteiger partial charge in [0.2, 0.25) is 0 Å². The molecule has 0 atom stereocenters. The minimum atomic E-state index is 0.585. The van der Waals surface area contributed by atoms with E-state index in [2.05, 4.69) is 29.9 Å². The van der Waals surface area contributed by atoms with Gasteiger partial charge in [-0.25, -0.2) is 9.97 Å². The molecule has 0 saturated heterocycles. The summed E-state index contributed by atoms with van der Waals surface area (Å²) >= 11 is 0. The van der Waals surface area contributed by atoms with Crippen molar-refractivity contribution in [2.24, 2.45) is 0 Å². The van der Waals surface area contributed by atoms with Gasteiger partial charge >= 0.3 is 0 Å². The molecule has 0 amide bonds. The van der Waals surface area contributed by atoms with Crippen LogP contribution in [-0.2, 0) is 6.42 Å². The minimum Gasteiger partial charge on any atom is -0.496 e. The topological polar surface area (TPSA) is 61.0 Å². The highest BCUT2D eigenvalue weighted by atomic mass is 16.5. The molecule has 0 bridgehead atoms. The summed E-state index contributed by atoms with van der Waals surface area (Å²) < 4.78 is 5.30. The van der Waals surface area contributed by atoms with Crippen LogP contribution in [0.3, 0.4) is 0 Å². The fourth-order valence-corrected chi connectivity index (χ4v) is 1.89. The Bertz CT molecular complexity index is 550. The van der Waals surface area contributed by atoms with E-state index in [9.17, 15) is 0 Å². The van der Waals surface area contributed by atoms with Gasteiger partial charge in [-0.1, -0.05) is 6.07 Å². The smallest absolute Gasteiger partial charge is 0.132 e. The third-order valence-corrected chi connectivity index (χ3v) is 3.14. The Labute approximate surface area is 107 Å². The quantitative estimate of drug-likeness (QED) is 0.898. The number of rotatable bonds is 3. The van der Waals surface area contributed by atoms with Crippen LogP contribution in [0, 0.1) is 13.8 Å². The predicted octanol–water partition coefficient (Wildman–Crippen LogP) is 2.28. The van der Waals surface area contributed by atoms with Crippen LogP contribution in [-0.4, -0.2) is 17.1 Å². The van der Waals surface area contributed by atoms with Crippen molar-refractivity contribution in [2.45, 2.75) is 20.3 Å². The number of nitrogens with two attached hydrogens (primary N) is 1. The normalized spacial score (nSPS) is 10.4. The second-order valence-corrected chi connectivity index (χ2v) is 4.29. The highest BCUT2D eigenvalue weighted by molar-refractivity contribution is 5.44. The molecule has 0 aliphatic heterocycles. The fraction of sp³-hybridized carbons (Fsp3) is 0.286. The van der Waals surface area contributed by atoms with Crippen LogP contribution in [0.5, 0.6) is 5.75 Å². The molecular weight excluding hydrogens is 226 g/mol. The summed E-state index contributed by atoms with van der Waals surface area (Å²) in [5.74, 6) is 1.69. The summed E-state index contributed by atoms with van der Waals surface area (Å²) in [7, 11) is 1.69. The van der Waals surface area contributed by atoms with Crippen molar-refractivity contribution in [3.8, 4) is 5.75 Å². The molecule has 2 rings (SSSR count). The second-order valence-electron chi connectivity index (χ2n) is 4.29. The van der Waals surface area contributed by atoms with E-state index in [-0.39, 0.29) is 0 Å². The molecule has 0 radical (unpaired) electrons. The molecule has 1 heterocycles. The van der Waals surface area contributed by atoms with Gasteiger partial charge < -0.3 is 10.5 Å². The second kappa shape index (κ2) is 5.04. The number of nitrogen functional groups attached to an aromatic ring is 1. The fourth-order valence-electron chi connectivity index (χ4n) is 1.89. The molecule has 0 spiro atoms. The molecule has 0 fully saturated rings. The Balaban J connectivity index is 2.29. The van der Waals surface area contributed by atoms with Crippen molar-refractivity contribution >= 4 is 5.69 Å². The van der Waals surface area contributed by atoms with E-state index in [4.69, 9.17) is 10.5 Å². The lowest BCUT2D eigenvalue weighted by atomic mass is 10.00. The molecule has 4 nitrogen and oxygen atoms in total. The van der Waals surface area contributed by atoms with Crippen molar-refractivity contribution < 1.29 is 4.74 Å². The summed E-state index contributed by atoms with van der Waals surface area (Å²) in [6.07, 6.45) is 3.97. The van der Waals surface area contributed by atoms with Crippen LogP contribution in [0.25, 0.3) is 0 Å². The number of hydrogen-bond donors (Lipinski definition) is 1. The third-order valence-electron chi connectivity index (χ3n) is 3.14. The van der Waals surface area contributed by atoms with Gasteiger partial charge in [0.05, 0.1) is 25.2 Å². The standard InChI is InChI=1S/C14H17N3O/c1-9-10(2)13(18-3)5-4-11(9)6-14-16-7-12(15)8-17-14/h4-5,7-8H,6,15H2,1-3H3. The maximum absolute atomic E-state index is 5.57. The lowest BCUT2D eigenvalue weighted by Crippen LogP contribution is -2.01. The number of ether oxygens (including phenoxy) is 1. The van der Waals surface area contributed by atoms with Crippen LogP contribution in [0.2, 0.25) is 0 Å². The largest absolute Gasteiger partial charge is 0.496 e. The average Bonchev–Trinajstić information content (AvgIpc) is 2.38. The number of benzene rings is 1. The van der Waals surface area contributed by atoms with Crippen LogP contribution in [0.1, 0.15) is 22.5 Å². The van der Waals surface area contributed by atoms with Crippen molar-refractivity contribution in [1.82, 2.24) is 9.97 Å². The molecule has 0 aliphatic carbocycles.